The van der Waals surface area contributed by atoms with E-state index in [1.807, 2.05) is 41.3 Å². The first-order valence-electron chi connectivity index (χ1n) is 12.4. The lowest BCUT2D eigenvalue weighted by atomic mass is 9.96. The number of hydrogen-bond donors (Lipinski definition) is 2. The van der Waals surface area contributed by atoms with E-state index in [9.17, 15) is 20.2 Å². The van der Waals surface area contributed by atoms with Crippen LogP contribution >= 0.6 is 0 Å². The van der Waals surface area contributed by atoms with E-state index in [-0.39, 0.29) is 29.1 Å². The quantitative estimate of drug-likeness (QED) is 0.234. The van der Waals surface area contributed by atoms with Crippen molar-refractivity contribution in [2.75, 3.05) is 41.9 Å². The molecule has 5 rings (SSSR count). The maximum absolute atomic E-state index is 12.1. The van der Waals surface area contributed by atoms with Crippen molar-refractivity contribution in [3.63, 3.8) is 0 Å². The van der Waals surface area contributed by atoms with Crippen molar-refractivity contribution in [2.45, 2.75) is 6.04 Å². The first kappa shape index (κ1) is 25.5. The minimum Gasteiger partial charge on any atom is -0.348 e. The summed E-state index contributed by atoms with van der Waals surface area (Å²) in [6.07, 6.45) is 1.28. The lowest BCUT2D eigenvalue weighted by Gasteiger charge is -2.40. The van der Waals surface area contributed by atoms with Crippen LogP contribution in [0, 0.1) is 20.2 Å². The number of anilines is 3. The van der Waals surface area contributed by atoms with Gasteiger partial charge in [0.2, 0.25) is 11.6 Å². The van der Waals surface area contributed by atoms with E-state index in [4.69, 9.17) is 0 Å². The first-order valence-corrected chi connectivity index (χ1v) is 12.4. The number of non-ortho nitro benzene ring substituents is 1. The molecule has 1 aliphatic rings. The fraction of sp³-hybridized carbons (Fsp3) is 0.185. The molecule has 39 heavy (non-hydrogen) atoms. The van der Waals surface area contributed by atoms with E-state index in [0.29, 0.717) is 31.9 Å². The van der Waals surface area contributed by atoms with Gasteiger partial charge in [-0.15, -0.1) is 0 Å². The number of piperazine rings is 1. The Kier molecular flexibility index (Phi) is 7.55. The molecule has 198 valence electrons. The Bertz CT molecular complexity index is 1390. The Labute approximate surface area is 224 Å². The molecule has 2 heterocycles. The average Bonchev–Trinajstić information content (AvgIpc) is 2.97. The van der Waals surface area contributed by atoms with Gasteiger partial charge in [-0.2, -0.15) is 0 Å². The summed E-state index contributed by atoms with van der Waals surface area (Å²) in [5.41, 5.74) is 8.13. The molecule has 12 nitrogen and oxygen atoms in total. The van der Waals surface area contributed by atoms with E-state index in [1.165, 1.54) is 41.7 Å². The van der Waals surface area contributed by atoms with Gasteiger partial charge in [-0.3, -0.25) is 36.0 Å². The molecule has 0 atom stereocenters. The molecule has 0 aliphatic carbocycles. The Morgan fingerprint density at radius 3 is 1.85 bits per heavy atom. The zero-order valence-electron chi connectivity index (χ0n) is 20.9. The molecule has 12 heteroatoms. The van der Waals surface area contributed by atoms with Crippen molar-refractivity contribution in [3.05, 3.63) is 123 Å². The Morgan fingerprint density at radius 2 is 1.31 bits per heavy atom. The minimum absolute atomic E-state index is 0.00256. The molecule has 1 fully saturated rings. The monoisotopic (exact) mass is 526 g/mol. The van der Waals surface area contributed by atoms with Crippen LogP contribution in [0.4, 0.5) is 28.7 Å². The van der Waals surface area contributed by atoms with Gasteiger partial charge < -0.3 is 4.90 Å². The summed E-state index contributed by atoms with van der Waals surface area (Å²) in [6, 6.07) is 26.3. The van der Waals surface area contributed by atoms with Gasteiger partial charge in [0, 0.05) is 38.3 Å². The molecule has 0 radical (unpaired) electrons. The second-order valence-corrected chi connectivity index (χ2v) is 8.95. The first-order chi connectivity index (χ1) is 19.0. The fourth-order valence-corrected chi connectivity index (χ4v) is 4.74. The molecular formula is C27H26N8O4. The molecule has 0 spiro atoms. The molecule has 0 bridgehead atoms. The zero-order chi connectivity index (χ0) is 27.2. The zero-order valence-corrected chi connectivity index (χ0v) is 20.9. The number of nitro benzene ring substituents is 1. The Balaban J connectivity index is 1.33. The van der Waals surface area contributed by atoms with E-state index in [0.717, 1.165) is 0 Å². The lowest BCUT2D eigenvalue weighted by Crippen LogP contribution is -2.48. The topological polar surface area (TPSA) is 143 Å². The van der Waals surface area contributed by atoms with Gasteiger partial charge in [-0.05, 0) is 23.3 Å². The third-order valence-electron chi connectivity index (χ3n) is 6.60. The summed E-state index contributed by atoms with van der Waals surface area (Å²) in [5, 5.41) is 23.0. The summed E-state index contributed by atoms with van der Waals surface area (Å²) in [5.74, 6) is 0.232. The molecule has 4 aromatic rings. The van der Waals surface area contributed by atoms with Crippen molar-refractivity contribution >= 4 is 28.7 Å². The highest BCUT2D eigenvalue weighted by molar-refractivity contribution is 5.71. The number of nitrogens with one attached hydrogen (secondary N) is 2. The number of benzene rings is 3. The van der Waals surface area contributed by atoms with Crippen molar-refractivity contribution in [3.8, 4) is 0 Å². The Morgan fingerprint density at radius 1 is 0.718 bits per heavy atom. The maximum atomic E-state index is 12.1. The van der Waals surface area contributed by atoms with Crippen LogP contribution in [0.5, 0.6) is 0 Å². The highest BCUT2D eigenvalue weighted by Crippen LogP contribution is 2.34. The van der Waals surface area contributed by atoms with Crippen LogP contribution in [0.3, 0.4) is 0 Å². The molecule has 0 amide bonds. The molecule has 1 aromatic heterocycles. The van der Waals surface area contributed by atoms with Gasteiger partial charge in [0.15, 0.2) is 0 Å². The van der Waals surface area contributed by atoms with E-state index in [2.05, 4.69) is 50.0 Å². The molecular weight excluding hydrogens is 500 g/mol. The third-order valence-corrected chi connectivity index (χ3v) is 6.60. The smallest absolute Gasteiger partial charge is 0.348 e. The van der Waals surface area contributed by atoms with Crippen LogP contribution in [0.2, 0.25) is 0 Å². The van der Waals surface area contributed by atoms with E-state index < -0.39 is 9.85 Å². The SMILES string of the molecule is O=[N+]([O-])c1ccc(NNc2ncnc(N3CCN(C(c4ccccc4)c4ccccc4)CC3)c2[N+](=O)[O-])cc1. The van der Waals surface area contributed by atoms with Crippen molar-refractivity contribution in [1.82, 2.24) is 14.9 Å². The van der Waals surface area contributed by atoms with Gasteiger partial charge in [-0.1, -0.05) is 60.7 Å². The molecule has 0 unspecified atom stereocenters. The van der Waals surface area contributed by atoms with Gasteiger partial charge in [0.05, 0.1) is 21.6 Å². The lowest BCUT2D eigenvalue weighted by molar-refractivity contribution is -0.384. The fourth-order valence-electron chi connectivity index (χ4n) is 4.74. The van der Waals surface area contributed by atoms with Gasteiger partial charge in [0.25, 0.3) is 5.69 Å². The predicted octanol–water partition coefficient (Wildman–Crippen LogP) is 4.64. The molecule has 0 saturated carbocycles. The Hall–Kier alpha value is -5.10. The van der Waals surface area contributed by atoms with Crippen LogP contribution in [-0.2, 0) is 0 Å². The number of aromatic nitrogens is 2. The van der Waals surface area contributed by atoms with Gasteiger partial charge >= 0.3 is 5.69 Å². The highest BCUT2D eigenvalue weighted by Gasteiger charge is 2.32. The van der Waals surface area contributed by atoms with Crippen LogP contribution in [0.15, 0.2) is 91.3 Å². The second-order valence-electron chi connectivity index (χ2n) is 8.95. The number of rotatable bonds is 9. The number of nitrogens with zero attached hydrogens (tertiary/aromatic N) is 6. The number of hydrazine groups is 1. The van der Waals surface area contributed by atoms with Gasteiger partial charge in [0.1, 0.15) is 6.33 Å². The molecule has 2 N–H and O–H groups in total. The highest BCUT2D eigenvalue weighted by atomic mass is 16.6. The van der Waals surface area contributed by atoms with Crippen LogP contribution < -0.4 is 15.8 Å². The maximum Gasteiger partial charge on any atom is 0.355 e. The van der Waals surface area contributed by atoms with Crippen molar-refractivity contribution in [1.29, 1.82) is 0 Å². The summed E-state index contributed by atoms with van der Waals surface area (Å²) in [7, 11) is 0. The minimum atomic E-state index is -0.502. The normalized spacial score (nSPS) is 13.7. The van der Waals surface area contributed by atoms with E-state index in [1.54, 1.807) is 0 Å². The standard InChI is InChI=1S/C27H26N8O4/c36-34(37)23-13-11-22(12-14-23)30-31-26-25(35(38)39)27(29-19-28-26)33-17-15-32(16-18-33)24(20-7-3-1-4-8-20)21-9-5-2-6-10-21/h1-14,19,24,30H,15-18H2,(H,28,29,31). The largest absolute Gasteiger partial charge is 0.355 e. The average molecular weight is 527 g/mol. The number of nitro groups is 2. The summed E-state index contributed by atoms with van der Waals surface area (Å²) >= 11 is 0. The second kappa shape index (κ2) is 11.5. The molecule has 3 aromatic carbocycles. The van der Waals surface area contributed by atoms with Crippen LogP contribution in [0.1, 0.15) is 17.2 Å². The predicted molar refractivity (Wildman–Crippen MR) is 148 cm³/mol. The number of hydrogen-bond acceptors (Lipinski definition) is 10. The van der Waals surface area contributed by atoms with Crippen molar-refractivity contribution < 1.29 is 9.85 Å². The van der Waals surface area contributed by atoms with E-state index >= 15 is 0 Å². The van der Waals surface area contributed by atoms with Crippen LogP contribution in [0.25, 0.3) is 0 Å². The summed E-state index contributed by atoms with van der Waals surface area (Å²) < 4.78 is 0. The third kappa shape index (κ3) is 5.75. The van der Waals surface area contributed by atoms with Crippen molar-refractivity contribution in [2.24, 2.45) is 0 Å². The molecule has 1 saturated heterocycles. The molecule has 1 aliphatic heterocycles. The summed E-state index contributed by atoms with van der Waals surface area (Å²) in [6.45, 7) is 2.45. The van der Waals surface area contributed by atoms with Crippen LogP contribution in [-0.4, -0.2) is 50.9 Å². The summed E-state index contributed by atoms with van der Waals surface area (Å²) in [4.78, 5) is 34.6. The van der Waals surface area contributed by atoms with Gasteiger partial charge in [-0.25, -0.2) is 9.97 Å².